The zero-order valence-corrected chi connectivity index (χ0v) is 14.1. The van der Waals surface area contributed by atoms with E-state index < -0.39 is 10.0 Å². The molecule has 24 heavy (non-hydrogen) atoms. The molecule has 0 radical (unpaired) electrons. The van der Waals surface area contributed by atoms with Crippen LogP contribution in [0.4, 0.5) is 0 Å². The van der Waals surface area contributed by atoms with Crippen LogP contribution in [0, 0.1) is 0 Å². The van der Waals surface area contributed by atoms with Crippen molar-refractivity contribution in [3.8, 4) is 5.75 Å². The molecular weight excluding hydrogens is 328 g/mol. The van der Waals surface area contributed by atoms with Crippen molar-refractivity contribution in [1.82, 2.24) is 9.62 Å². The molecule has 0 atom stereocenters. The summed E-state index contributed by atoms with van der Waals surface area (Å²) in [5.41, 5.74) is 0. The third kappa shape index (κ3) is 4.04. The second-order valence-electron chi connectivity index (χ2n) is 5.72. The highest BCUT2D eigenvalue weighted by Gasteiger charge is 2.27. The van der Waals surface area contributed by atoms with E-state index in [1.54, 1.807) is 0 Å². The van der Waals surface area contributed by atoms with E-state index in [4.69, 9.17) is 4.74 Å². The molecule has 1 amide bonds. The first-order valence-electron chi connectivity index (χ1n) is 7.91. The van der Waals surface area contributed by atoms with Crippen molar-refractivity contribution < 1.29 is 17.9 Å². The second-order valence-corrected chi connectivity index (χ2v) is 7.80. The fourth-order valence-corrected chi connectivity index (χ4v) is 4.25. The molecular formula is C17H20N2O4S. The summed E-state index contributed by atoms with van der Waals surface area (Å²) in [7, 11) is -3.11. The van der Waals surface area contributed by atoms with E-state index in [1.165, 1.54) is 4.31 Å². The third-order valence-electron chi connectivity index (χ3n) is 3.98. The van der Waals surface area contributed by atoms with Gasteiger partial charge in [0.1, 0.15) is 5.75 Å². The van der Waals surface area contributed by atoms with Gasteiger partial charge < -0.3 is 10.1 Å². The Hall–Kier alpha value is -2.12. The summed E-state index contributed by atoms with van der Waals surface area (Å²) in [6.45, 7) is 1.04. The molecule has 1 N–H and O–H groups in total. The number of sulfonamides is 1. The molecule has 1 heterocycles. The fraction of sp³-hybridized carbons (Fsp3) is 0.353. The monoisotopic (exact) mass is 348 g/mol. The van der Waals surface area contributed by atoms with Crippen LogP contribution in [0.1, 0.15) is 6.42 Å². The molecule has 1 saturated heterocycles. The van der Waals surface area contributed by atoms with Gasteiger partial charge in [0.05, 0.1) is 5.75 Å². The summed E-state index contributed by atoms with van der Waals surface area (Å²) in [4.78, 5) is 11.8. The molecule has 1 aliphatic heterocycles. The molecule has 6 nitrogen and oxygen atoms in total. The van der Waals surface area contributed by atoms with E-state index in [2.05, 4.69) is 5.32 Å². The third-order valence-corrected chi connectivity index (χ3v) is 5.93. The van der Waals surface area contributed by atoms with Crippen LogP contribution in [0.2, 0.25) is 0 Å². The average molecular weight is 348 g/mol. The van der Waals surface area contributed by atoms with Gasteiger partial charge in [-0.05, 0) is 29.3 Å². The van der Waals surface area contributed by atoms with E-state index in [0.29, 0.717) is 31.8 Å². The summed E-state index contributed by atoms with van der Waals surface area (Å²) in [6.07, 6.45) is 0.654. The Labute approximate surface area is 141 Å². The molecule has 0 unspecified atom stereocenters. The molecule has 0 saturated carbocycles. The van der Waals surface area contributed by atoms with Crippen LogP contribution in [0.3, 0.4) is 0 Å². The molecule has 0 spiro atoms. The maximum absolute atomic E-state index is 11.8. The molecule has 128 valence electrons. The number of nitrogens with one attached hydrogen (secondary N) is 1. The Bertz CT molecular complexity index is 835. The van der Waals surface area contributed by atoms with Crippen LogP contribution in [-0.4, -0.2) is 50.6 Å². The highest BCUT2D eigenvalue weighted by atomic mass is 32.2. The first kappa shape index (κ1) is 16.7. The van der Waals surface area contributed by atoms with Gasteiger partial charge in [0, 0.05) is 19.6 Å². The topological polar surface area (TPSA) is 75.7 Å². The van der Waals surface area contributed by atoms with E-state index in [-0.39, 0.29) is 18.3 Å². The second kappa shape index (κ2) is 7.19. The Morgan fingerprint density at radius 2 is 1.96 bits per heavy atom. The summed E-state index contributed by atoms with van der Waals surface area (Å²) in [5, 5.41) is 4.85. The van der Waals surface area contributed by atoms with Gasteiger partial charge in [-0.2, -0.15) is 0 Å². The van der Waals surface area contributed by atoms with Gasteiger partial charge in [-0.25, -0.2) is 12.7 Å². The molecule has 0 aromatic heterocycles. The minimum absolute atomic E-state index is 0.0922. The van der Waals surface area contributed by atoms with Crippen molar-refractivity contribution in [3.63, 3.8) is 0 Å². The number of hydrogen-bond acceptors (Lipinski definition) is 4. The SMILES string of the molecule is O=C(COc1ccc2ccccc2c1)NCCN1CCCS1(=O)=O. The van der Waals surface area contributed by atoms with E-state index in [0.717, 1.165) is 10.8 Å². The van der Waals surface area contributed by atoms with Crippen LogP contribution in [0.15, 0.2) is 42.5 Å². The first-order valence-corrected chi connectivity index (χ1v) is 9.52. The molecule has 2 aromatic carbocycles. The van der Waals surface area contributed by atoms with Crippen LogP contribution < -0.4 is 10.1 Å². The Morgan fingerprint density at radius 1 is 1.17 bits per heavy atom. The highest BCUT2D eigenvalue weighted by Crippen LogP contribution is 2.20. The molecule has 7 heteroatoms. The van der Waals surface area contributed by atoms with Crippen molar-refractivity contribution in [2.75, 3.05) is 32.0 Å². The van der Waals surface area contributed by atoms with E-state index >= 15 is 0 Å². The van der Waals surface area contributed by atoms with Gasteiger partial charge in [0.2, 0.25) is 10.0 Å². The van der Waals surface area contributed by atoms with E-state index in [1.807, 2.05) is 42.5 Å². The lowest BCUT2D eigenvalue weighted by atomic mass is 10.1. The molecule has 3 rings (SSSR count). The predicted octanol–water partition coefficient (Wildman–Crippen LogP) is 1.37. The minimum Gasteiger partial charge on any atom is -0.484 e. The summed E-state index contributed by atoms with van der Waals surface area (Å²) < 4.78 is 30.2. The number of fused-ring (bicyclic) bond motifs is 1. The Balaban J connectivity index is 1.45. The van der Waals surface area contributed by atoms with Gasteiger partial charge in [0.15, 0.2) is 6.61 Å². The van der Waals surface area contributed by atoms with Crippen molar-refractivity contribution in [1.29, 1.82) is 0 Å². The van der Waals surface area contributed by atoms with Crippen molar-refractivity contribution in [2.45, 2.75) is 6.42 Å². The van der Waals surface area contributed by atoms with Crippen molar-refractivity contribution in [2.24, 2.45) is 0 Å². The zero-order valence-electron chi connectivity index (χ0n) is 13.3. The number of hydrogen-bond donors (Lipinski definition) is 1. The molecule has 0 aliphatic carbocycles. The van der Waals surface area contributed by atoms with Gasteiger partial charge >= 0.3 is 0 Å². The normalized spacial score (nSPS) is 17.0. The number of carbonyl (C=O) groups is 1. The standard InChI is InChI=1S/C17H20N2O4S/c20-17(18-8-10-19-9-3-11-24(19,21)22)13-23-16-7-6-14-4-1-2-5-15(14)12-16/h1-2,4-7,12H,3,8-11,13H2,(H,18,20). The quantitative estimate of drug-likeness (QED) is 0.855. The lowest BCUT2D eigenvalue weighted by Crippen LogP contribution is -2.37. The summed E-state index contributed by atoms with van der Waals surface area (Å²) in [6, 6.07) is 13.6. The Morgan fingerprint density at radius 3 is 2.71 bits per heavy atom. The lowest BCUT2D eigenvalue weighted by Gasteiger charge is -2.14. The number of nitrogens with zero attached hydrogens (tertiary/aromatic N) is 1. The van der Waals surface area contributed by atoms with Gasteiger partial charge in [-0.3, -0.25) is 4.79 Å². The molecule has 0 bridgehead atoms. The smallest absolute Gasteiger partial charge is 0.257 e. The number of carbonyl (C=O) groups excluding carboxylic acids is 1. The van der Waals surface area contributed by atoms with E-state index in [9.17, 15) is 13.2 Å². The summed E-state index contributed by atoms with van der Waals surface area (Å²) >= 11 is 0. The maximum Gasteiger partial charge on any atom is 0.257 e. The number of amides is 1. The first-order chi connectivity index (χ1) is 11.5. The zero-order chi connectivity index (χ0) is 17.0. The highest BCUT2D eigenvalue weighted by molar-refractivity contribution is 7.89. The lowest BCUT2D eigenvalue weighted by molar-refractivity contribution is -0.123. The van der Waals surface area contributed by atoms with Crippen molar-refractivity contribution >= 4 is 26.7 Å². The van der Waals surface area contributed by atoms with Crippen LogP contribution in [0.5, 0.6) is 5.75 Å². The number of ether oxygens (including phenoxy) is 1. The number of benzene rings is 2. The molecule has 2 aromatic rings. The largest absolute Gasteiger partial charge is 0.484 e. The van der Waals surface area contributed by atoms with Crippen LogP contribution >= 0.6 is 0 Å². The minimum atomic E-state index is -3.11. The molecule has 1 aliphatic rings. The van der Waals surface area contributed by atoms with Crippen LogP contribution in [-0.2, 0) is 14.8 Å². The summed E-state index contributed by atoms with van der Waals surface area (Å²) in [5.74, 6) is 0.567. The molecule has 1 fully saturated rings. The van der Waals surface area contributed by atoms with Crippen molar-refractivity contribution in [3.05, 3.63) is 42.5 Å². The average Bonchev–Trinajstić information content (AvgIpc) is 2.91. The Kier molecular flexibility index (Phi) is 5.01. The van der Waals surface area contributed by atoms with Gasteiger partial charge in [0.25, 0.3) is 5.91 Å². The number of rotatable bonds is 6. The fourth-order valence-electron chi connectivity index (χ4n) is 2.72. The predicted molar refractivity (Wildman–Crippen MR) is 92.4 cm³/mol. The van der Waals surface area contributed by atoms with Gasteiger partial charge in [-0.1, -0.05) is 30.3 Å². The maximum atomic E-state index is 11.8. The van der Waals surface area contributed by atoms with Gasteiger partial charge in [-0.15, -0.1) is 0 Å². The van der Waals surface area contributed by atoms with Crippen LogP contribution in [0.25, 0.3) is 10.8 Å².